The second kappa shape index (κ2) is 8.97. The maximum Gasteiger partial charge on any atom is 0.416 e. The number of benzene rings is 2. The number of alkyl halides is 3. The Bertz CT molecular complexity index is 1260. The molecule has 2 aromatic carbocycles. The van der Waals surface area contributed by atoms with Gasteiger partial charge in [-0.15, -0.1) is 0 Å². The van der Waals surface area contributed by atoms with E-state index in [-0.39, 0.29) is 31.3 Å². The minimum atomic E-state index is -4.41. The van der Waals surface area contributed by atoms with Gasteiger partial charge in [-0.2, -0.15) is 18.3 Å². The molecule has 1 aromatic heterocycles. The summed E-state index contributed by atoms with van der Waals surface area (Å²) in [5.74, 6) is 0.460. The number of carbonyl (C=O) groups excluding carboxylic acids is 2. The summed E-state index contributed by atoms with van der Waals surface area (Å²) in [4.78, 5) is 27.1. The van der Waals surface area contributed by atoms with Crippen LogP contribution in [0.2, 0.25) is 0 Å². The predicted molar refractivity (Wildman–Crippen MR) is 119 cm³/mol. The van der Waals surface area contributed by atoms with Gasteiger partial charge in [0, 0.05) is 30.8 Å². The third kappa shape index (κ3) is 4.79. The van der Waals surface area contributed by atoms with Crippen molar-refractivity contribution < 1.29 is 32.2 Å². The summed E-state index contributed by atoms with van der Waals surface area (Å²) in [5.41, 5.74) is 0.489. The van der Waals surface area contributed by atoms with Crippen LogP contribution in [-0.4, -0.2) is 41.4 Å². The largest absolute Gasteiger partial charge is 0.486 e. The molecule has 2 aliphatic rings. The maximum absolute atomic E-state index is 12.9. The van der Waals surface area contributed by atoms with Gasteiger partial charge in [0.05, 0.1) is 24.2 Å². The van der Waals surface area contributed by atoms with E-state index in [2.05, 4.69) is 10.4 Å². The fraction of sp³-hybridized carbons (Fsp3) is 0.292. The number of nitrogens with zero attached hydrogens (tertiary/aromatic N) is 3. The molecule has 0 aliphatic carbocycles. The highest BCUT2D eigenvalue weighted by atomic mass is 19.4. The summed E-state index contributed by atoms with van der Waals surface area (Å²) in [6.07, 6.45) is -2.87. The van der Waals surface area contributed by atoms with Gasteiger partial charge in [0.2, 0.25) is 11.8 Å². The minimum Gasteiger partial charge on any atom is -0.486 e. The van der Waals surface area contributed by atoms with Crippen molar-refractivity contribution in [3.05, 3.63) is 65.9 Å². The lowest BCUT2D eigenvalue weighted by molar-refractivity contribution is -0.137. The molecule has 8 nitrogen and oxygen atoms in total. The highest BCUT2D eigenvalue weighted by Crippen LogP contribution is 2.36. The Morgan fingerprint density at radius 1 is 1.06 bits per heavy atom. The Morgan fingerprint density at radius 3 is 2.54 bits per heavy atom. The van der Waals surface area contributed by atoms with Crippen LogP contribution in [0.5, 0.6) is 11.5 Å². The molecule has 3 heterocycles. The molecule has 11 heteroatoms. The number of carbonyl (C=O) groups is 2. The van der Waals surface area contributed by atoms with Crippen LogP contribution < -0.4 is 19.7 Å². The summed E-state index contributed by atoms with van der Waals surface area (Å²) in [6, 6.07) is 11.6. The van der Waals surface area contributed by atoms with E-state index in [0.717, 1.165) is 12.1 Å². The first-order chi connectivity index (χ1) is 16.8. The molecule has 0 saturated carbocycles. The van der Waals surface area contributed by atoms with Crippen molar-refractivity contribution in [2.24, 2.45) is 5.92 Å². The molecule has 1 atom stereocenters. The summed E-state index contributed by atoms with van der Waals surface area (Å²) in [5, 5.41) is 6.95. The van der Waals surface area contributed by atoms with Gasteiger partial charge < -0.3 is 19.7 Å². The highest BCUT2D eigenvalue weighted by Gasteiger charge is 2.36. The van der Waals surface area contributed by atoms with Crippen molar-refractivity contribution >= 4 is 23.3 Å². The Kier molecular flexibility index (Phi) is 5.83. The van der Waals surface area contributed by atoms with Crippen molar-refractivity contribution in [2.45, 2.75) is 19.1 Å². The van der Waals surface area contributed by atoms with Crippen LogP contribution in [0.15, 0.2) is 54.7 Å². The van der Waals surface area contributed by atoms with E-state index in [0.29, 0.717) is 41.8 Å². The number of halogens is 3. The summed E-state index contributed by atoms with van der Waals surface area (Å²) in [7, 11) is 0. The SMILES string of the molecule is O=C(Nc1ccnn1Cc1ccc(C(F)(F)F)cc1)[C@H]1CC(=O)N(c2ccc3c(c2)OCCO3)C1. The Balaban J connectivity index is 1.24. The van der Waals surface area contributed by atoms with Gasteiger partial charge in [0.25, 0.3) is 0 Å². The highest BCUT2D eigenvalue weighted by molar-refractivity contribution is 6.03. The van der Waals surface area contributed by atoms with Crippen molar-refractivity contribution in [3.63, 3.8) is 0 Å². The van der Waals surface area contributed by atoms with Gasteiger partial charge in [-0.3, -0.25) is 9.59 Å². The number of hydrogen-bond donors (Lipinski definition) is 1. The molecular weight excluding hydrogens is 465 g/mol. The number of fused-ring (bicyclic) bond motifs is 1. The van der Waals surface area contributed by atoms with Crippen molar-refractivity contribution in [3.8, 4) is 11.5 Å². The van der Waals surface area contributed by atoms with Crippen LogP contribution in [0.3, 0.4) is 0 Å². The number of aromatic nitrogens is 2. The number of amides is 2. The van der Waals surface area contributed by atoms with Crippen LogP contribution in [0.25, 0.3) is 0 Å². The lowest BCUT2D eigenvalue weighted by Gasteiger charge is -2.22. The van der Waals surface area contributed by atoms with Gasteiger partial charge in [-0.25, -0.2) is 4.68 Å². The fourth-order valence-electron chi connectivity index (χ4n) is 4.10. The summed E-state index contributed by atoms with van der Waals surface area (Å²) >= 11 is 0. The maximum atomic E-state index is 12.9. The zero-order valence-electron chi connectivity index (χ0n) is 18.4. The van der Waals surface area contributed by atoms with Gasteiger partial charge in [-0.05, 0) is 29.8 Å². The van der Waals surface area contributed by atoms with E-state index in [4.69, 9.17) is 9.47 Å². The Labute approximate surface area is 198 Å². The number of nitrogens with one attached hydrogen (secondary N) is 1. The third-order valence-electron chi connectivity index (χ3n) is 5.91. The molecule has 182 valence electrons. The number of hydrogen-bond acceptors (Lipinski definition) is 5. The first-order valence-electron chi connectivity index (χ1n) is 11.0. The van der Waals surface area contributed by atoms with Crippen molar-refractivity contribution in [2.75, 3.05) is 30.0 Å². The van der Waals surface area contributed by atoms with Crippen LogP contribution in [0, 0.1) is 5.92 Å². The van der Waals surface area contributed by atoms with E-state index < -0.39 is 17.7 Å². The molecule has 5 rings (SSSR count). The van der Waals surface area contributed by atoms with E-state index in [9.17, 15) is 22.8 Å². The quantitative estimate of drug-likeness (QED) is 0.594. The molecule has 2 aliphatic heterocycles. The minimum absolute atomic E-state index is 0.0489. The number of ether oxygens (including phenoxy) is 2. The molecule has 1 saturated heterocycles. The predicted octanol–water partition coefficient (Wildman–Crippen LogP) is 3.71. The molecule has 0 spiro atoms. The lowest BCUT2D eigenvalue weighted by Crippen LogP contribution is -2.29. The Morgan fingerprint density at radius 2 is 1.80 bits per heavy atom. The van der Waals surface area contributed by atoms with E-state index in [1.807, 2.05) is 0 Å². The van der Waals surface area contributed by atoms with Gasteiger partial charge in [0.15, 0.2) is 11.5 Å². The molecule has 1 N–H and O–H groups in total. The normalized spacial score (nSPS) is 17.5. The van der Waals surface area contributed by atoms with Gasteiger partial charge in [-0.1, -0.05) is 12.1 Å². The average Bonchev–Trinajstić information content (AvgIpc) is 3.44. The van der Waals surface area contributed by atoms with Crippen molar-refractivity contribution in [1.29, 1.82) is 0 Å². The second-order valence-corrected chi connectivity index (χ2v) is 8.29. The monoisotopic (exact) mass is 486 g/mol. The molecule has 2 amide bonds. The Hall–Kier alpha value is -4.02. The summed E-state index contributed by atoms with van der Waals surface area (Å²) < 4.78 is 50.9. The number of anilines is 2. The first kappa shape index (κ1) is 22.8. The van der Waals surface area contributed by atoms with Crippen LogP contribution in [0.1, 0.15) is 17.5 Å². The van der Waals surface area contributed by atoms with Gasteiger partial charge in [0.1, 0.15) is 19.0 Å². The molecule has 0 bridgehead atoms. The summed E-state index contributed by atoms with van der Waals surface area (Å²) in [6.45, 7) is 1.27. The second-order valence-electron chi connectivity index (χ2n) is 8.29. The average molecular weight is 486 g/mol. The third-order valence-corrected chi connectivity index (χ3v) is 5.91. The molecule has 1 fully saturated rings. The zero-order chi connectivity index (χ0) is 24.6. The van der Waals surface area contributed by atoms with Crippen LogP contribution >= 0.6 is 0 Å². The standard InChI is InChI=1S/C24H21F3N4O4/c25-24(26,27)17-3-1-15(2-4-17)13-31-21(7-8-28-31)29-23(33)16-11-22(32)30(14-16)18-5-6-19-20(12-18)35-10-9-34-19/h1-8,12,16H,9-11,13-14H2,(H,29,33)/t16-/m0/s1. The van der Waals surface area contributed by atoms with Gasteiger partial charge >= 0.3 is 6.18 Å². The molecule has 0 radical (unpaired) electrons. The zero-order valence-corrected chi connectivity index (χ0v) is 18.4. The van der Waals surface area contributed by atoms with Crippen molar-refractivity contribution in [1.82, 2.24) is 9.78 Å². The first-order valence-corrected chi connectivity index (χ1v) is 11.0. The molecule has 3 aromatic rings. The van der Waals surface area contributed by atoms with Crippen LogP contribution in [0.4, 0.5) is 24.7 Å². The topological polar surface area (TPSA) is 85.7 Å². The van der Waals surface area contributed by atoms with Crippen LogP contribution in [-0.2, 0) is 22.3 Å². The van der Waals surface area contributed by atoms with E-state index in [1.165, 1.54) is 23.0 Å². The lowest BCUT2D eigenvalue weighted by atomic mass is 10.1. The number of rotatable bonds is 5. The van der Waals surface area contributed by atoms with E-state index >= 15 is 0 Å². The fourth-order valence-corrected chi connectivity index (χ4v) is 4.10. The molecule has 35 heavy (non-hydrogen) atoms. The van der Waals surface area contributed by atoms with E-state index in [1.54, 1.807) is 29.2 Å². The smallest absolute Gasteiger partial charge is 0.416 e. The molecule has 0 unspecified atom stereocenters. The molecular formula is C24H21F3N4O4.